The highest BCUT2D eigenvalue weighted by Gasteiger charge is 2.33. The molecule has 8 nitrogen and oxygen atoms in total. The predicted octanol–water partition coefficient (Wildman–Crippen LogP) is 5.58. The van der Waals surface area contributed by atoms with Crippen molar-refractivity contribution in [2.75, 3.05) is 0 Å². The molecule has 0 spiro atoms. The number of aromatic amines is 1. The summed E-state index contributed by atoms with van der Waals surface area (Å²) in [4.78, 5) is 9.46. The first-order valence-corrected chi connectivity index (χ1v) is 10.3. The SMILES string of the molecule is Cc1[nH]ncc1S(=O)(=O)c1cc(Oc2c(Cl)cc(C(F)(F)F)cc2Cl)ccc1[N+](=O)[O-]. The van der Waals surface area contributed by atoms with E-state index >= 15 is 0 Å². The monoisotopic (exact) mass is 495 g/mol. The van der Waals surface area contributed by atoms with Gasteiger partial charge in [-0.3, -0.25) is 15.2 Å². The normalized spacial score (nSPS) is 12.1. The van der Waals surface area contributed by atoms with E-state index in [1.807, 2.05) is 0 Å². The van der Waals surface area contributed by atoms with Crippen LogP contribution in [0.2, 0.25) is 10.0 Å². The smallest absolute Gasteiger partial charge is 0.416 e. The van der Waals surface area contributed by atoms with Crippen molar-refractivity contribution in [1.29, 1.82) is 0 Å². The molecule has 0 aliphatic heterocycles. The average molecular weight is 496 g/mol. The van der Waals surface area contributed by atoms with Crippen molar-refractivity contribution in [2.24, 2.45) is 0 Å². The summed E-state index contributed by atoms with van der Waals surface area (Å²) in [6, 6.07) is 3.96. The molecule has 0 saturated heterocycles. The number of nitrogens with zero attached hydrogens (tertiary/aromatic N) is 2. The van der Waals surface area contributed by atoms with Crippen LogP contribution in [0.25, 0.3) is 0 Å². The molecule has 164 valence electrons. The standard InChI is InChI=1S/C17H10Cl2F3N3O5S/c1-8-15(7-23-24-8)31(28,29)14-6-10(2-3-13(14)25(26)27)30-16-11(18)4-9(5-12(16)19)17(20,21)22/h2-7H,1H3,(H,23,24). The van der Waals surface area contributed by atoms with Crippen LogP contribution in [0.15, 0.2) is 46.3 Å². The van der Waals surface area contributed by atoms with Gasteiger partial charge in [0.25, 0.3) is 5.69 Å². The van der Waals surface area contributed by atoms with Gasteiger partial charge in [0, 0.05) is 12.1 Å². The molecular formula is C17H10Cl2F3N3O5S. The van der Waals surface area contributed by atoms with E-state index in [9.17, 15) is 31.7 Å². The summed E-state index contributed by atoms with van der Waals surface area (Å²) in [7, 11) is -4.39. The van der Waals surface area contributed by atoms with Crippen molar-refractivity contribution in [2.45, 2.75) is 22.9 Å². The first kappa shape index (κ1) is 22.8. The Morgan fingerprint density at radius 3 is 2.23 bits per heavy atom. The lowest BCUT2D eigenvalue weighted by Crippen LogP contribution is -2.07. The quantitative estimate of drug-likeness (QED) is 0.365. The fourth-order valence-electron chi connectivity index (χ4n) is 2.59. The number of nitro groups is 1. The fourth-order valence-corrected chi connectivity index (χ4v) is 4.72. The summed E-state index contributed by atoms with van der Waals surface area (Å²) in [5.74, 6) is -0.637. The lowest BCUT2D eigenvalue weighted by molar-refractivity contribution is -0.387. The zero-order valence-corrected chi connectivity index (χ0v) is 17.5. The minimum Gasteiger partial charge on any atom is -0.454 e. The maximum atomic E-state index is 12.9. The highest BCUT2D eigenvalue weighted by molar-refractivity contribution is 7.91. The number of aryl methyl sites for hydroxylation is 1. The second-order valence-corrected chi connectivity index (χ2v) is 8.82. The fraction of sp³-hybridized carbons (Fsp3) is 0.118. The van der Waals surface area contributed by atoms with Crippen LogP contribution in [0.1, 0.15) is 11.3 Å². The number of H-pyrrole nitrogens is 1. The number of hydrogen-bond donors (Lipinski definition) is 1. The molecule has 0 atom stereocenters. The van der Waals surface area contributed by atoms with Crippen LogP contribution in [0, 0.1) is 17.0 Å². The van der Waals surface area contributed by atoms with E-state index in [0.29, 0.717) is 12.1 Å². The van der Waals surface area contributed by atoms with Gasteiger partial charge < -0.3 is 4.74 Å². The Kier molecular flexibility index (Phi) is 5.91. The largest absolute Gasteiger partial charge is 0.454 e. The van der Waals surface area contributed by atoms with Crippen LogP contribution in [0.3, 0.4) is 0 Å². The molecule has 14 heteroatoms. The summed E-state index contributed by atoms with van der Waals surface area (Å²) in [5.41, 5.74) is -1.70. The van der Waals surface area contributed by atoms with Gasteiger partial charge in [0.2, 0.25) is 9.84 Å². The lowest BCUT2D eigenvalue weighted by Gasteiger charge is -2.14. The molecule has 3 aromatic rings. The molecule has 0 aliphatic rings. The number of sulfone groups is 1. The van der Waals surface area contributed by atoms with E-state index in [1.165, 1.54) is 6.92 Å². The topological polar surface area (TPSA) is 115 Å². The molecule has 0 saturated carbocycles. The van der Waals surface area contributed by atoms with Crippen molar-refractivity contribution < 1.29 is 31.2 Å². The minimum absolute atomic E-state index is 0.148. The number of rotatable bonds is 5. The van der Waals surface area contributed by atoms with Crippen LogP contribution in [-0.4, -0.2) is 23.5 Å². The zero-order chi connectivity index (χ0) is 23.1. The summed E-state index contributed by atoms with van der Waals surface area (Å²) in [6.07, 6.45) is -3.71. The number of hydrogen-bond acceptors (Lipinski definition) is 6. The van der Waals surface area contributed by atoms with Gasteiger partial charge in [0.05, 0.1) is 32.4 Å². The molecule has 1 aromatic heterocycles. The van der Waals surface area contributed by atoms with Gasteiger partial charge in [-0.15, -0.1) is 0 Å². The minimum atomic E-state index is -4.71. The molecule has 0 amide bonds. The highest BCUT2D eigenvalue weighted by atomic mass is 35.5. The van der Waals surface area contributed by atoms with Crippen LogP contribution in [0.5, 0.6) is 11.5 Å². The lowest BCUT2D eigenvalue weighted by atomic mass is 10.2. The van der Waals surface area contributed by atoms with E-state index < -0.39 is 47.1 Å². The third-order valence-electron chi connectivity index (χ3n) is 4.04. The maximum Gasteiger partial charge on any atom is 0.416 e. The molecule has 0 aliphatic carbocycles. The first-order chi connectivity index (χ1) is 14.3. The van der Waals surface area contributed by atoms with Crippen molar-refractivity contribution in [3.8, 4) is 11.5 Å². The molecule has 1 N–H and O–H groups in total. The summed E-state index contributed by atoms with van der Waals surface area (Å²) in [5, 5.41) is 16.4. The molecule has 1 heterocycles. The van der Waals surface area contributed by atoms with Crippen LogP contribution in [-0.2, 0) is 16.0 Å². The molecule has 0 radical (unpaired) electrons. The molecular weight excluding hydrogens is 486 g/mol. The van der Waals surface area contributed by atoms with Gasteiger partial charge >= 0.3 is 6.18 Å². The van der Waals surface area contributed by atoms with Gasteiger partial charge in [-0.1, -0.05) is 23.2 Å². The Labute approximate surface area is 182 Å². The van der Waals surface area contributed by atoms with Gasteiger partial charge in [-0.2, -0.15) is 18.3 Å². The molecule has 0 fully saturated rings. The number of nitro benzene ring substituents is 1. The van der Waals surface area contributed by atoms with Gasteiger partial charge in [0.15, 0.2) is 10.6 Å². The van der Waals surface area contributed by atoms with Gasteiger partial charge in [-0.05, 0) is 25.1 Å². The van der Waals surface area contributed by atoms with Crippen molar-refractivity contribution in [3.05, 3.63) is 67.9 Å². The van der Waals surface area contributed by atoms with Gasteiger partial charge in [-0.25, -0.2) is 8.42 Å². The van der Waals surface area contributed by atoms with Crippen molar-refractivity contribution in [3.63, 3.8) is 0 Å². The zero-order valence-electron chi connectivity index (χ0n) is 15.2. The number of nitrogens with one attached hydrogen (secondary N) is 1. The predicted molar refractivity (Wildman–Crippen MR) is 103 cm³/mol. The second kappa shape index (κ2) is 8.02. The van der Waals surface area contributed by atoms with E-state index in [4.69, 9.17) is 27.9 Å². The Balaban J connectivity index is 2.11. The van der Waals surface area contributed by atoms with Crippen molar-refractivity contribution in [1.82, 2.24) is 10.2 Å². The average Bonchev–Trinajstić information content (AvgIpc) is 3.10. The van der Waals surface area contributed by atoms with E-state index in [2.05, 4.69) is 10.2 Å². The van der Waals surface area contributed by atoms with E-state index in [-0.39, 0.29) is 22.1 Å². The van der Waals surface area contributed by atoms with E-state index in [1.54, 1.807) is 0 Å². The number of ether oxygens (including phenoxy) is 1. The Bertz CT molecular complexity index is 1270. The van der Waals surface area contributed by atoms with Crippen molar-refractivity contribution >= 4 is 38.7 Å². The number of benzene rings is 2. The number of aromatic nitrogens is 2. The highest BCUT2D eigenvalue weighted by Crippen LogP contribution is 2.43. The molecule has 31 heavy (non-hydrogen) atoms. The Morgan fingerprint density at radius 2 is 1.74 bits per heavy atom. The van der Waals surface area contributed by atoms with Gasteiger partial charge in [0.1, 0.15) is 10.6 Å². The molecule has 0 unspecified atom stereocenters. The van der Waals surface area contributed by atoms with Crippen LogP contribution in [0.4, 0.5) is 18.9 Å². The maximum absolute atomic E-state index is 12.9. The van der Waals surface area contributed by atoms with Crippen LogP contribution >= 0.6 is 23.2 Å². The third kappa shape index (κ3) is 4.45. The summed E-state index contributed by atoms with van der Waals surface area (Å²) in [6.45, 7) is 1.41. The molecule has 2 aromatic carbocycles. The van der Waals surface area contributed by atoms with E-state index in [0.717, 1.165) is 24.4 Å². The first-order valence-electron chi connectivity index (χ1n) is 8.10. The Morgan fingerprint density at radius 1 is 1.13 bits per heavy atom. The molecule has 0 bridgehead atoms. The number of halogens is 5. The number of alkyl halides is 3. The third-order valence-corrected chi connectivity index (χ3v) is 6.49. The summed E-state index contributed by atoms with van der Waals surface area (Å²) < 4.78 is 69.9. The Hall–Kier alpha value is -2.83. The molecule has 3 rings (SSSR count). The second-order valence-electron chi connectivity index (χ2n) is 6.12. The van der Waals surface area contributed by atoms with Crippen LogP contribution < -0.4 is 4.74 Å². The summed E-state index contributed by atoms with van der Waals surface area (Å²) >= 11 is 11.7.